The number of ketones is 1. The van der Waals surface area contributed by atoms with Crippen LogP contribution in [0.15, 0.2) is 42.5 Å². The largest absolute Gasteiger partial charge is 0.347 e. The zero-order valence-corrected chi connectivity index (χ0v) is 14.9. The van der Waals surface area contributed by atoms with E-state index < -0.39 is 11.6 Å². The van der Waals surface area contributed by atoms with Gasteiger partial charge in [-0.25, -0.2) is 8.78 Å². The second-order valence-electron chi connectivity index (χ2n) is 7.04. The number of benzene rings is 2. The monoisotopic (exact) mass is 373 g/mol. The van der Waals surface area contributed by atoms with Crippen LogP contribution in [0.4, 0.5) is 8.78 Å². The highest BCUT2D eigenvalue weighted by Gasteiger charge is 2.39. The van der Waals surface area contributed by atoms with E-state index in [-0.39, 0.29) is 17.1 Å². The van der Waals surface area contributed by atoms with Crippen molar-refractivity contribution in [2.24, 2.45) is 0 Å². The van der Waals surface area contributed by atoms with E-state index in [0.29, 0.717) is 18.8 Å². The van der Waals surface area contributed by atoms with E-state index >= 15 is 0 Å². The molecule has 0 bridgehead atoms. The van der Waals surface area contributed by atoms with Crippen molar-refractivity contribution in [1.29, 1.82) is 0 Å². The lowest BCUT2D eigenvalue weighted by Gasteiger charge is -2.37. The lowest BCUT2D eigenvalue weighted by molar-refractivity contribution is -0.185. The lowest BCUT2D eigenvalue weighted by atomic mass is 10.0. The van der Waals surface area contributed by atoms with Crippen molar-refractivity contribution in [3.05, 3.63) is 70.8 Å². The molecule has 2 aliphatic heterocycles. The third-order valence-corrected chi connectivity index (χ3v) is 5.24. The molecule has 6 heteroatoms. The summed E-state index contributed by atoms with van der Waals surface area (Å²) >= 11 is 0. The summed E-state index contributed by atoms with van der Waals surface area (Å²) < 4.78 is 37.9. The molecule has 2 saturated heterocycles. The van der Waals surface area contributed by atoms with Gasteiger partial charge in [0.2, 0.25) is 0 Å². The molecule has 0 N–H and O–H groups in total. The molecule has 2 heterocycles. The Labute approximate surface area is 156 Å². The first-order chi connectivity index (χ1) is 13.0. The average molecular weight is 373 g/mol. The van der Waals surface area contributed by atoms with E-state index in [9.17, 15) is 13.6 Å². The topological polar surface area (TPSA) is 38.8 Å². The highest BCUT2D eigenvalue weighted by molar-refractivity contribution is 6.08. The smallest absolute Gasteiger partial charge is 0.193 e. The van der Waals surface area contributed by atoms with Gasteiger partial charge in [0.25, 0.3) is 0 Å². The Morgan fingerprint density at radius 1 is 0.926 bits per heavy atom. The Morgan fingerprint density at radius 3 is 2.19 bits per heavy atom. The molecule has 0 saturated carbocycles. The number of ether oxygens (including phenoxy) is 2. The van der Waals surface area contributed by atoms with Crippen LogP contribution in [-0.4, -0.2) is 42.8 Å². The molecule has 142 valence electrons. The Hall–Kier alpha value is -2.15. The fourth-order valence-corrected chi connectivity index (χ4v) is 3.66. The highest BCUT2D eigenvalue weighted by atomic mass is 19.2. The summed E-state index contributed by atoms with van der Waals surface area (Å²) in [5.41, 5.74) is 1.69. The number of carbonyl (C=O) groups is 1. The Morgan fingerprint density at radius 2 is 1.56 bits per heavy atom. The van der Waals surface area contributed by atoms with Gasteiger partial charge in [0, 0.05) is 43.6 Å². The van der Waals surface area contributed by atoms with Gasteiger partial charge in [-0.15, -0.1) is 0 Å². The van der Waals surface area contributed by atoms with Crippen molar-refractivity contribution in [2.75, 3.05) is 26.3 Å². The van der Waals surface area contributed by atoms with Crippen LogP contribution >= 0.6 is 0 Å². The fourth-order valence-electron chi connectivity index (χ4n) is 3.66. The van der Waals surface area contributed by atoms with Gasteiger partial charge in [-0.3, -0.25) is 9.69 Å². The fraction of sp³-hybridized carbons (Fsp3) is 0.381. The molecule has 0 radical (unpaired) electrons. The van der Waals surface area contributed by atoms with E-state index in [2.05, 4.69) is 4.90 Å². The first kappa shape index (κ1) is 18.2. The summed E-state index contributed by atoms with van der Waals surface area (Å²) in [6, 6.07) is 10.5. The molecule has 27 heavy (non-hydrogen) atoms. The second-order valence-corrected chi connectivity index (χ2v) is 7.04. The minimum Gasteiger partial charge on any atom is -0.347 e. The summed E-state index contributed by atoms with van der Waals surface area (Å²) in [6.07, 6.45) is 1.72. The average Bonchev–Trinajstić information content (AvgIpc) is 3.14. The van der Waals surface area contributed by atoms with Gasteiger partial charge in [-0.1, -0.05) is 24.3 Å². The number of piperidine rings is 1. The summed E-state index contributed by atoms with van der Waals surface area (Å²) in [7, 11) is 0. The third kappa shape index (κ3) is 3.93. The molecule has 0 aromatic heterocycles. The van der Waals surface area contributed by atoms with Crippen LogP contribution in [0.3, 0.4) is 0 Å². The molecule has 0 aliphatic carbocycles. The molecule has 2 aliphatic rings. The number of nitrogens with zero attached hydrogens (tertiary/aromatic N) is 1. The first-order valence-electron chi connectivity index (χ1n) is 9.14. The number of rotatable bonds is 4. The molecule has 2 fully saturated rings. The minimum atomic E-state index is -1.02. The maximum atomic E-state index is 13.3. The third-order valence-electron chi connectivity index (χ3n) is 5.24. The van der Waals surface area contributed by atoms with Crippen LogP contribution in [0.2, 0.25) is 0 Å². The number of hydrogen-bond acceptors (Lipinski definition) is 4. The van der Waals surface area contributed by atoms with Crippen molar-refractivity contribution in [3.8, 4) is 0 Å². The molecule has 0 unspecified atom stereocenters. The van der Waals surface area contributed by atoms with E-state index in [1.807, 2.05) is 12.1 Å². The summed E-state index contributed by atoms with van der Waals surface area (Å²) in [6.45, 7) is 3.93. The normalized spacial score (nSPS) is 19.5. The van der Waals surface area contributed by atoms with Crippen LogP contribution in [0, 0.1) is 11.6 Å². The van der Waals surface area contributed by atoms with Crippen LogP contribution in [0.1, 0.15) is 34.3 Å². The van der Waals surface area contributed by atoms with E-state index in [0.717, 1.165) is 50.2 Å². The zero-order chi connectivity index (χ0) is 18.9. The molecule has 0 amide bonds. The van der Waals surface area contributed by atoms with Gasteiger partial charge in [-0.05, 0) is 23.8 Å². The highest BCUT2D eigenvalue weighted by Crippen LogP contribution is 2.31. The molecular weight excluding hydrogens is 352 g/mol. The van der Waals surface area contributed by atoms with Gasteiger partial charge < -0.3 is 9.47 Å². The van der Waals surface area contributed by atoms with Crippen LogP contribution in [0.25, 0.3) is 0 Å². The van der Waals surface area contributed by atoms with Crippen molar-refractivity contribution in [2.45, 2.75) is 25.2 Å². The number of carbonyl (C=O) groups excluding carboxylic acids is 1. The molecule has 4 nitrogen and oxygen atoms in total. The van der Waals surface area contributed by atoms with Gasteiger partial charge in [0.15, 0.2) is 23.2 Å². The minimum absolute atomic E-state index is 0.138. The van der Waals surface area contributed by atoms with E-state index in [1.165, 1.54) is 6.07 Å². The maximum Gasteiger partial charge on any atom is 0.193 e. The van der Waals surface area contributed by atoms with Crippen molar-refractivity contribution >= 4 is 5.78 Å². The standard InChI is InChI=1S/C21H21F2NO3/c22-18-6-5-17(13-19(18)23)20(25)16-3-1-15(2-4-16)14-24-9-7-21(8-10-24)26-11-12-27-21/h1-6,13H,7-12,14H2. The number of likely N-dealkylation sites (tertiary alicyclic amines) is 1. The van der Waals surface area contributed by atoms with Crippen LogP contribution < -0.4 is 0 Å². The summed E-state index contributed by atoms with van der Waals surface area (Å²) in [4.78, 5) is 14.8. The van der Waals surface area contributed by atoms with Gasteiger partial charge >= 0.3 is 0 Å². The Bertz CT molecular complexity index is 822. The predicted octanol–water partition coefficient (Wildman–Crippen LogP) is 3.53. The molecule has 1 spiro atoms. The first-order valence-corrected chi connectivity index (χ1v) is 9.14. The van der Waals surface area contributed by atoms with Crippen LogP contribution in [-0.2, 0) is 16.0 Å². The lowest BCUT2D eigenvalue weighted by Crippen LogP contribution is -2.44. The van der Waals surface area contributed by atoms with E-state index in [1.54, 1.807) is 12.1 Å². The van der Waals surface area contributed by atoms with Crippen molar-refractivity contribution in [3.63, 3.8) is 0 Å². The number of hydrogen-bond donors (Lipinski definition) is 0. The van der Waals surface area contributed by atoms with Gasteiger partial charge in [0.1, 0.15) is 0 Å². The van der Waals surface area contributed by atoms with Crippen LogP contribution in [0.5, 0.6) is 0 Å². The Kier molecular flexibility index (Phi) is 5.04. The second kappa shape index (κ2) is 7.46. The molecular formula is C21H21F2NO3. The Balaban J connectivity index is 1.37. The zero-order valence-electron chi connectivity index (χ0n) is 14.9. The maximum absolute atomic E-state index is 13.3. The van der Waals surface area contributed by atoms with Crippen molar-refractivity contribution < 1.29 is 23.0 Å². The molecule has 2 aromatic carbocycles. The molecule has 4 rings (SSSR count). The predicted molar refractivity (Wildman–Crippen MR) is 95.4 cm³/mol. The summed E-state index contributed by atoms with van der Waals surface area (Å²) in [5, 5.41) is 0. The van der Waals surface area contributed by atoms with Gasteiger partial charge in [0.05, 0.1) is 13.2 Å². The SMILES string of the molecule is O=C(c1ccc(CN2CCC3(CC2)OCCO3)cc1)c1ccc(F)c(F)c1. The molecule has 2 aromatic rings. The molecule has 0 atom stereocenters. The summed E-state index contributed by atoms with van der Waals surface area (Å²) in [5.74, 6) is -2.68. The number of halogens is 2. The van der Waals surface area contributed by atoms with Gasteiger partial charge in [-0.2, -0.15) is 0 Å². The van der Waals surface area contributed by atoms with E-state index in [4.69, 9.17) is 9.47 Å². The quantitative estimate of drug-likeness (QED) is 0.769. The van der Waals surface area contributed by atoms with Crippen molar-refractivity contribution in [1.82, 2.24) is 4.90 Å².